The molecule has 1 aliphatic carbocycles. The van der Waals surface area contributed by atoms with Gasteiger partial charge in [-0.3, -0.25) is 15.1 Å². The van der Waals surface area contributed by atoms with Crippen molar-refractivity contribution in [1.82, 2.24) is 4.98 Å². The third kappa shape index (κ3) is 2.74. The van der Waals surface area contributed by atoms with Gasteiger partial charge >= 0.3 is 11.7 Å². The summed E-state index contributed by atoms with van der Waals surface area (Å²) in [5, 5.41) is 23.4. The predicted octanol–water partition coefficient (Wildman–Crippen LogP) is 2.95. The van der Waals surface area contributed by atoms with Gasteiger partial charge in [-0.25, -0.2) is 4.79 Å². The molecule has 0 radical (unpaired) electrons. The van der Waals surface area contributed by atoms with Crippen LogP contribution in [0.1, 0.15) is 32.1 Å². The van der Waals surface area contributed by atoms with Gasteiger partial charge in [0.2, 0.25) is 0 Å². The summed E-state index contributed by atoms with van der Waals surface area (Å²) < 4.78 is 0.387. The Kier molecular flexibility index (Phi) is 4.22. The predicted molar refractivity (Wildman–Crippen MR) is 75.7 cm³/mol. The first-order valence-corrected chi connectivity index (χ1v) is 7.05. The van der Waals surface area contributed by atoms with Crippen LogP contribution >= 0.6 is 15.9 Å². The lowest BCUT2D eigenvalue weighted by molar-refractivity contribution is -0.384. The summed E-state index contributed by atoms with van der Waals surface area (Å²) in [7, 11) is 0. The highest BCUT2D eigenvalue weighted by Crippen LogP contribution is 2.38. The summed E-state index contributed by atoms with van der Waals surface area (Å²) in [6, 6.07) is 0. The summed E-state index contributed by atoms with van der Waals surface area (Å²) in [5.41, 5.74) is -1.20. The Morgan fingerprint density at radius 2 is 2.05 bits per heavy atom. The number of carbonyl (C=O) groups is 1. The smallest absolute Gasteiger partial charge is 0.329 e. The average Bonchev–Trinajstić information content (AvgIpc) is 2.41. The van der Waals surface area contributed by atoms with Crippen LogP contribution in [0.3, 0.4) is 0 Å². The van der Waals surface area contributed by atoms with Gasteiger partial charge in [0.05, 0.1) is 9.40 Å². The standard InChI is InChI=1S/C12H14BrN3O4/c13-8-6-14-7-9(16(19)20)10(8)15-12(11(17)18)4-2-1-3-5-12/h6-7H,1-5H2,(H,14,15)(H,17,18). The lowest BCUT2D eigenvalue weighted by atomic mass is 9.81. The summed E-state index contributed by atoms with van der Waals surface area (Å²) in [4.78, 5) is 25.8. The van der Waals surface area contributed by atoms with Crippen molar-refractivity contribution in [2.24, 2.45) is 0 Å². The van der Waals surface area contributed by atoms with Crippen LogP contribution in [0.4, 0.5) is 11.4 Å². The van der Waals surface area contributed by atoms with Crippen LogP contribution in [0, 0.1) is 10.1 Å². The third-order valence-corrected chi connectivity index (χ3v) is 4.16. The molecule has 0 aliphatic heterocycles. The van der Waals surface area contributed by atoms with Gasteiger partial charge in [0.1, 0.15) is 17.4 Å². The molecule has 0 aromatic carbocycles. The van der Waals surface area contributed by atoms with Crippen LogP contribution in [-0.2, 0) is 4.79 Å². The Labute approximate surface area is 123 Å². The number of hydrogen-bond acceptors (Lipinski definition) is 5. The number of hydrogen-bond donors (Lipinski definition) is 2. The number of nitro groups is 1. The van der Waals surface area contributed by atoms with E-state index in [9.17, 15) is 20.0 Å². The highest BCUT2D eigenvalue weighted by Gasteiger charge is 2.41. The molecule has 2 N–H and O–H groups in total. The van der Waals surface area contributed by atoms with Gasteiger partial charge < -0.3 is 10.4 Å². The largest absolute Gasteiger partial charge is 0.480 e. The molecule has 7 nitrogen and oxygen atoms in total. The number of pyridine rings is 1. The molecule has 0 spiro atoms. The van der Waals surface area contributed by atoms with Gasteiger partial charge in [0.25, 0.3) is 0 Å². The number of carboxylic acid groups (broad SMARTS) is 1. The fourth-order valence-corrected chi connectivity index (χ4v) is 2.89. The van der Waals surface area contributed by atoms with E-state index >= 15 is 0 Å². The lowest BCUT2D eigenvalue weighted by Crippen LogP contribution is -2.48. The van der Waals surface area contributed by atoms with Gasteiger partial charge in [-0.2, -0.15) is 0 Å². The minimum atomic E-state index is -1.15. The average molecular weight is 344 g/mol. The Balaban J connectivity index is 2.41. The van der Waals surface area contributed by atoms with E-state index in [2.05, 4.69) is 26.2 Å². The quantitative estimate of drug-likeness (QED) is 0.643. The summed E-state index contributed by atoms with van der Waals surface area (Å²) in [5.74, 6) is -0.977. The third-order valence-electron chi connectivity index (χ3n) is 3.56. The Morgan fingerprint density at radius 1 is 1.40 bits per heavy atom. The van der Waals surface area contributed by atoms with Crippen molar-refractivity contribution in [2.45, 2.75) is 37.6 Å². The van der Waals surface area contributed by atoms with Crippen LogP contribution in [0.25, 0.3) is 0 Å². The van der Waals surface area contributed by atoms with E-state index in [1.54, 1.807) is 0 Å². The molecular weight excluding hydrogens is 330 g/mol. The van der Waals surface area contributed by atoms with Gasteiger partial charge in [-0.1, -0.05) is 19.3 Å². The molecule has 8 heteroatoms. The normalized spacial score (nSPS) is 17.4. The molecule has 0 amide bonds. The van der Waals surface area contributed by atoms with Gasteiger partial charge in [-0.05, 0) is 28.8 Å². The number of halogens is 1. The van der Waals surface area contributed by atoms with Crippen LogP contribution in [-0.4, -0.2) is 26.5 Å². The SMILES string of the molecule is O=C(O)C1(Nc2c(Br)cncc2[N+](=O)[O-])CCCCC1. The molecule has 0 bridgehead atoms. The molecule has 108 valence electrons. The van der Waals surface area contributed by atoms with Crippen molar-refractivity contribution < 1.29 is 14.8 Å². The fraction of sp³-hybridized carbons (Fsp3) is 0.500. The number of nitrogens with zero attached hydrogens (tertiary/aromatic N) is 2. The molecule has 1 aromatic heterocycles. The van der Waals surface area contributed by atoms with E-state index < -0.39 is 16.4 Å². The first-order chi connectivity index (χ1) is 9.46. The van der Waals surface area contributed by atoms with Crippen molar-refractivity contribution >= 4 is 33.3 Å². The number of rotatable bonds is 4. The van der Waals surface area contributed by atoms with Crippen molar-refractivity contribution in [2.75, 3.05) is 5.32 Å². The first kappa shape index (κ1) is 14.7. The van der Waals surface area contributed by atoms with Gasteiger partial charge in [0, 0.05) is 6.20 Å². The zero-order chi connectivity index (χ0) is 14.8. The number of aromatic nitrogens is 1. The summed E-state index contributed by atoms with van der Waals surface area (Å²) in [6.07, 6.45) is 5.99. The molecule has 1 aromatic rings. The maximum Gasteiger partial charge on any atom is 0.329 e. The minimum absolute atomic E-state index is 0.175. The second-order valence-electron chi connectivity index (χ2n) is 4.85. The van der Waals surface area contributed by atoms with E-state index in [4.69, 9.17) is 0 Å². The summed E-state index contributed by atoms with van der Waals surface area (Å²) in [6.45, 7) is 0. The van der Waals surface area contributed by atoms with E-state index in [1.165, 1.54) is 6.20 Å². The highest BCUT2D eigenvalue weighted by molar-refractivity contribution is 9.10. The molecule has 1 saturated carbocycles. The van der Waals surface area contributed by atoms with Crippen molar-refractivity contribution in [3.8, 4) is 0 Å². The van der Waals surface area contributed by atoms with E-state index in [0.29, 0.717) is 17.3 Å². The molecule has 0 saturated heterocycles. The van der Waals surface area contributed by atoms with Crippen molar-refractivity contribution in [3.63, 3.8) is 0 Å². The number of nitrogens with one attached hydrogen (secondary N) is 1. The molecule has 20 heavy (non-hydrogen) atoms. The molecule has 0 atom stereocenters. The van der Waals surface area contributed by atoms with Crippen LogP contribution in [0.5, 0.6) is 0 Å². The highest BCUT2D eigenvalue weighted by atomic mass is 79.9. The van der Waals surface area contributed by atoms with Crippen molar-refractivity contribution in [1.29, 1.82) is 0 Å². The number of anilines is 1. The van der Waals surface area contributed by atoms with Crippen LogP contribution in [0.2, 0.25) is 0 Å². The maximum absolute atomic E-state index is 11.6. The zero-order valence-corrected chi connectivity index (χ0v) is 12.2. The Morgan fingerprint density at radius 3 is 2.60 bits per heavy atom. The molecule has 0 unspecified atom stereocenters. The molecule has 1 heterocycles. The molecule has 1 aliphatic rings. The second-order valence-corrected chi connectivity index (χ2v) is 5.70. The summed E-state index contributed by atoms with van der Waals surface area (Å²) >= 11 is 3.19. The fourth-order valence-electron chi connectivity index (χ4n) is 2.47. The number of aliphatic carboxylic acids is 1. The Bertz CT molecular complexity index is 544. The van der Waals surface area contributed by atoms with E-state index in [1.807, 2.05) is 0 Å². The van der Waals surface area contributed by atoms with Gasteiger partial charge in [-0.15, -0.1) is 0 Å². The van der Waals surface area contributed by atoms with E-state index in [-0.39, 0.29) is 11.4 Å². The van der Waals surface area contributed by atoms with E-state index in [0.717, 1.165) is 25.5 Å². The first-order valence-electron chi connectivity index (χ1n) is 6.26. The maximum atomic E-state index is 11.6. The molecule has 2 rings (SSSR count). The number of carboxylic acids is 1. The lowest BCUT2D eigenvalue weighted by Gasteiger charge is -2.34. The topological polar surface area (TPSA) is 105 Å². The Hall–Kier alpha value is -1.70. The zero-order valence-electron chi connectivity index (χ0n) is 10.6. The minimum Gasteiger partial charge on any atom is -0.480 e. The van der Waals surface area contributed by atoms with Gasteiger partial charge in [0.15, 0.2) is 0 Å². The van der Waals surface area contributed by atoms with Crippen LogP contribution < -0.4 is 5.32 Å². The van der Waals surface area contributed by atoms with Crippen LogP contribution in [0.15, 0.2) is 16.9 Å². The monoisotopic (exact) mass is 343 g/mol. The second kappa shape index (κ2) is 5.74. The van der Waals surface area contributed by atoms with Crippen molar-refractivity contribution in [3.05, 3.63) is 27.0 Å². The molecular formula is C12H14BrN3O4. The molecule has 1 fully saturated rings.